The largest absolute Gasteiger partial charge is 0.507 e. The van der Waals surface area contributed by atoms with Crippen LogP contribution in [0.3, 0.4) is 0 Å². The van der Waals surface area contributed by atoms with Gasteiger partial charge in [-0.05, 0) is 29.8 Å². The van der Waals surface area contributed by atoms with Gasteiger partial charge in [-0.15, -0.1) is 0 Å². The van der Waals surface area contributed by atoms with Crippen LogP contribution in [0.2, 0.25) is 0 Å². The molecule has 0 aliphatic heterocycles. The van der Waals surface area contributed by atoms with Crippen molar-refractivity contribution >= 4 is 5.78 Å². The first-order valence-corrected chi connectivity index (χ1v) is 5.79. The Morgan fingerprint density at radius 1 is 1.11 bits per heavy atom. The zero-order valence-electron chi connectivity index (χ0n) is 10.5. The van der Waals surface area contributed by atoms with Crippen molar-refractivity contribution in [2.24, 2.45) is 0 Å². The van der Waals surface area contributed by atoms with Crippen LogP contribution in [0.1, 0.15) is 15.9 Å². The average Bonchev–Trinajstić information content (AvgIpc) is 2.41. The molecule has 0 bridgehead atoms. The van der Waals surface area contributed by atoms with Gasteiger partial charge < -0.3 is 14.9 Å². The summed E-state index contributed by atoms with van der Waals surface area (Å²) >= 11 is 0. The monoisotopic (exact) mass is 258 g/mol. The highest BCUT2D eigenvalue weighted by molar-refractivity contribution is 5.99. The fraction of sp³-hybridized carbons (Fsp3) is 0.133. The summed E-state index contributed by atoms with van der Waals surface area (Å²) in [6.45, 7) is 0. The van der Waals surface area contributed by atoms with E-state index < -0.39 is 0 Å². The molecule has 0 heterocycles. The lowest BCUT2D eigenvalue weighted by molar-refractivity contribution is 0.0990. The number of rotatable bonds is 4. The van der Waals surface area contributed by atoms with Crippen LogP contribution < -0.4 is 4.74 Å². The Hall–Kier alpha value is -2.49. The van der Waals surface area contributed by atoms with E-state index in [0.29, 0.717) is 11.3 Å². The van der Waals surface area contributed by atoms with Gasteiger partial charge in [0.25, 0.3) is 0 Å². The standard InChI is InChI=1S/C15H14O4/c1-19-15-9-10(6-7-13(15)17)8-14(18)11-4-2-3-5-12(11)16/h2-7,9,16-17H,8H2,1H3. The molecule has 4 heteroatoms. The summed E-state index contributed by atoms with van der Waals surface area (Å²) in [4.78, 5) is 12.1. The lowest BCUT2D eigenvalue weighted by Gasteiger charge is -2.07. The van der Waals surface area contributed by atoms with Crippen molar-refractivity contribution in [3.63, 3.8) is 0 Å². The third-order valence-electron chi connectivity index (χ3n) is 2.81. The first-order valence-electron chi connectivity index (χ1n) is 5.79. The molecule has 0 saturated heterocycles. The second-order valence-electron chi connectivity index (χ2n) is 4.12. The zero-order valence-corrected chi connectivity index (χ0v) is 10.5. The highest BCUT2D eigenvalue weighted by atomic mass is 16.5. The fourth-order valence-corrected chi connectivity index (χ4v) is 1.82. The van der Waals surface area contributed by atoms with Crippen LogP contribution in [0.5, 0.6) is 17.2 Å². The Morgan fingerprint density at radius 3 is 2.53 bits per heavy atom. The number of benzene rings is 2. The molecule has 0 aliphatic rings. The number of carbonyl (C=O) groups is 1. The molecule has 2 rings (SSSR count). The summed E-state index contributed by atoms with van der Waals surface area (Å²) in [5.74, 6) is 0.132. The number of phenols is 2. The zero-order chi connectivity index (χ0) is 13.8. The smallest absolute Gasteiger partial charge is 0.170 e. The van der Waals surface area contributed by atoms with Gasteiger partial charge in [-0.1, -0.05) is 18.2 Å². The molecule has 2 aromatic rings. The summed E-state index contributed by atoms with van der Waals surface area (Å²) in [6.07, 6.45) is 0.133. The van der Waals surface area contributed by atoms with Gasteiger partial charge in [-0.3, -0.25) is 4.79 Å². The molecule has 98 valence electrons. The van der Waals surface area contributed by atoms with E-state index in [0.717, 1.165) is 0 Å². The lowest BCUT2D eigenvalue weighted by atomic mass is 10.0. The molecule has 4 nitrogen and oxygen atoms in total. The van der Waals surface area contributed by atoms with E-state index in [9.17, 15) is 15.0 Å². The van der Waals surface area contributed by atoms with Crippen molar-refractivity contribution in [3.05, 3.63) is 53.6 Å². The average molecular weight is 258 g/mol. The number of phenolic OH excluding ortho intramolecular Hbond substituents is 2. The van der Waals surface area contributed by atoms with Gasteiger partial charge in [0.2, 0.25) is 0 Å². The maximum Gasteiger partial charge on any atom is 0.170 e. The number of Topliss-reactive ketones (excluding diaryl/α,β-unsaturated/α-hetero) is 1. The second-order valence-corrected chi connectivity index (χ2v) is 4.12. The molecule has 0 fully saturated rings. The molecular formula is C15H14O4. The van der Waals surface area contributed by atoms with Crippen LogP contribution in [0.15, 0.2) is 42.5 Å². The molecule has 0 atom stereocenters. The Bertz CT molecular complexity index is 605. The van der Waals surface area contributed by atoms with Gasteiger partial charge in [0.05, 0.1) is 12.7 Å². The molecular weight excluding hydrogens is 244 g/mol. The molecule has 19 heavy (non-hydrogen) atoms. The Labute approximate surface area is 110 Å². The van der Waals surface area contributed by atoms with Gasteiger partial charge in [0.1, 0.15) is 5.75 Å². The van der Waals surface area contributed by atoms with Crippen LogP contribution in [-0.4, -0.2) is 23.1 Å². The van der Waals surface area contributed by atoms with Crippen LogP contribution in [0.4, 0.5) is 0 Å². The maximum atomic E-state index is 12.1. The van der Waals surface area contributed by atoms with Crippen molar-refractivity contribution in [3.8, 4) is 17.2 Å². The minimum atomic E-state index is -0.189. The molecule has 2 aromatic carbocycles. The van der Waals surface area contributed by atoms with Crippen LogP contribution in [0.25, 0.3) is 0 Å². The van der Waals surface area contributed by atoms with Crippen molar-refractivity contribution in [1.29, 1.82) is 0 Å². The number of ether oxygens (including phenoxy) is 1. The number of para-hydroxylation sites is 1. The first-order chi connectivity index (χ1) is 9.11. The van der Waals surface area contributed by atoms with E-state index >= 15 is 0 Å². The van der Waals surface area contributed by atoms with Crippen LogP contribution in [0, 0.1) is 0 Å². The predicted octanol–water partition coefficient (Wildman–Crippen LogP) is 2.53. The highest BCUT2D eigenvalue weighted by Crippen LogP contribution is 2.27. The number of ketones is 1. The molecule has 2 N–H and O–H groups in total. The van der Waals surface area contributed by atoms with E-state index in [1.54, 1.807) is 30.3 Å². The van der Waals surface area contributed by atoms with Crippen molar-refractivity contribution in [1.82, 2.24) is 0 Å². The van der Waals surface area contributed by atoms with Gasteiger partial charge in [-0.25, -0.2) is 0 Å². The summed E-state index contributed by atoms with van der Waals surface area (Å²) in [6, 6.07) is 11.1. The molecule has 0 saturated carbocycles. The van der Waals surface area contributed by atoms with Crippen LogP contribution >= 0.6 is 0 Å². The summed E-state index contributed by atoms with van der Waals surface area (Å²) in [7, 11) is 1.45. The molecule has 0 radical (unpaired) electrons. The quantitative estimate of drug-likeness (QED) is 0.827. The molecule has 0 aliphatic carbocycles. The van der Waals surface area contributed by atoms with Crippen molar-refractivity contribution < 1.29 is 19.7 Å². The minimum absolute atomic E-state index is 0.0289. The van der Waals surface area contributed by atoms with E-state index in [-0.39, 0.29) is 29.3 Å². The number of methoxy groups -OCH3 is 1. The highest BCUT2D eigenvalue weighted by Gasteiger charge is 2.12. The molecule has 0 amide bonds. The predicted molar refractivity (Wildman–Crippen MR) is 70.8 cm³/mol. The lowest BCUT2D eigenvalue weighted by Crippen LogP contribution is -2.04. The Kier molecular flexibility index (Phi) is 3.71. The number of hydrogen-bond donors (Lipinski definition) is 2. The Morgan fingerprint density at radius 2 is 1.84 bits per heavy atom. The molecule has 0 aromatic heterocycles. The van der Waals surface area contributed by atoms with E-state index in [4.69, 9.17) is 4.74 Å². The van der Waals surface area contributed by atoms with Crippen molar-refractivity contribution in [2.75, 3.05) is 7.11 Å². The number of carbonyl (C=O) groups excluding carboxylic acids is 1. The van der Waals surface area contributed by atoms with E-state index in [2.05, 4.69) is 0 Å². The third kappa shape index (κ3) is 2.85. The maximum absolute atomic E-state index is 12.1. The normalized spacial score (nSPS) is 10.2. The van der Waals surface area contributed by atoms with Gasteiger partial charge in [0.15, 0.2) is 17.3 Å². The second kappa shape index (κ2) is 5.44. The minimum Gasteiger partial charge on any atom is -0.507 e. The fourth-order valence-electron chi connectivity index (χ4n) is 1.82. The summed E-state index contributed by atoms with van der Waals surface area (Å²) < 4.78 is 4.99. The van der Waals surface area contributed by atoms with Gasteiger partial charge in [0, 0.05) is 6.42 Å². The van der Waals surface area contributed by atoms with E-state index in [1.807, 2.05) is 0 Å². The van der Waals surface area contributed by atoms with Crippen LogP contribution in [-0.2, 0) is 6.42 Å². The SMILES string of the molecule is COc1cc(CC(=O)c2ccccc2O)ccc1O. The molecule has 0 unspecified atom stereocenters. The van der Waals surface area contributed by atoms with Gasteiger partial charge >= 0.3 is 0 Å². The topological polar surface area (TPSA) is 66.8 Å². The first kappa shape index (κ1) is 13.0. The Balaban J connectivity index is 2.22. The number of aromatic hydroxyl groups is 2. The summed E-state index contributed by atoms with van der Waals surface area (Å²) in [5, 5.41) is 19.1. The third-order valence-corrected chi connectivity index (χ3v) is 2.81. The van der Waals surface area contributed by atoms with Gasteiger partial charge in [-0.2, -0.15) is 0 Å². The van der Waals surface area contributed by atoms with E-state index in [1.165, 1.54) is 19.2 Å². The summed E-state index contributed by atoms with van der Waals surface area (Å²) in [5.41, 5.74) is 0.998. The number of hydrogen-bond acceptors (Lipinski definition) is 4. The van der Waals surface area contributed by atoms with Crippen molar-refractivity contribution in [2.45, 2.75) is 6.42 Å². The molecule has 0 spiro atoms.